The Labute approximate surface area is 130 Å². The summed E-state index contributed by atoms with van der Waals surface area (Å²) < 4.78 is 0. The van der Waals surface area contributed by atoms with Crippen molar-refractivity contribution in [3.05, 3.63) is 50.9 Å². The lowest BCUT2D eigenvalue weighted by Gasteiger charge is -2.18. The Morgan fingerprint density at radius 3 is 2.85 bits per heavy atom. The van der Waals surface area contributed by atoms with Crippen molar-refractivity contribution in [2.24, 2.45) is 0 Å². The van der Waals surface area contributed by atoms with Gasteiger partial charge in [-0.05, 0) is 44.0 Å². The van der Waals surface area contributed by atoms with Crippen molar-refractivity contribution in [3.63, 3.8) is 0 Å². The largest absolute Gasteiger partial charge is 0.313 e. The second-order valence-corrected chi connectivity index (χ2v) is 6.55. The molecular formula is C16H21ClN2S. The van der Waals surface area contributed by atoms with Gasteiger partial charge in [-0.25, -0.2) is 4.98 Å². The molecule has 20 heavy (non-hydrogen) atoms. The van der Waals surface area contributed by atoms with Gasteiger partial charge in [-0.2, -0.15) is 0 Å². The number of hydrogen-bond donors (Lipinski definition) is 1. The summed E-state index contributed by atoms with van der Waals surface area (Å²) >= 11 is 7.78. The van der Waals surface area contributed by atoms with Crippen molar-refractivity contribution < 1.29 is 0 Å². The summed E-state index contributed by atoms with van der Waals surface area (Å²) in [6.45, 7) is 5.28. The van der Waals surface area contributed by atoms with Gasteiger partial charge in [0.2, 0.25) is 0 Å². The van der Waals surface area contributed by atoms with Gasteiger partial charge >= 0.3 is 0 Å². The van der Waals surface area contributed by atoms with Crippen molar-refractivity contribution in [2.75, 3.05) is 6.54 Å². The van der Waals surface area contributed by atoms with Gasteiger partial charge in [0.15, 0.2) is 0 Å². The molecule has 0 bridgehead atoms. The average molecular weight is 309 g/mol. The first kappa shape index (κ1) is 15.5. The van der Waals surface area contributed by atoms with Crippen LogP contribution in [-0.4, -0.2) is 17.6 Å². The highest BCUT2D eigenvalue weighted by Gasteiger charge is 2.12. The van der Waals surface area contributed by atoms with E-state index < -0.39 is 0 Å². The molecule has 2 rings (SSSR count). The van der Waals surface area contributed by atoms with Crippen LogP contribution in [0.15, 0.2) is 29.6 Å². The third-order valence-electron chi connectivity index (χ3n) is 3.18. The minimum absolute atomic E-state index is 0.412. The molecule has 0 aliphatic heterocycles. The topological polar surface area (TPSA) is 24.9 Å². The zero-order valence-electron chi connectivity index (χ0n) is 12.0. The summed E-state index contributed by atoms with van der Waals surface area (Å²) in [6, 6.07) is 8.54. The molecule has 1 atom stereocenters. The fraction of sp³-hybridized carbons (Fsp3) is 0.438. The highest BCUT2D eigenvalue weighted by Crippen LogP contribution is 2.15. The van der Waals surface area contributed by atoms with Crippen LogP contribution in [0, 0.1) is 6.92 Å². The van der Waals surface area contributed by atoms with Crippen LogP contribution >= 0.6 is 22.9 Å². The maximum Gasteiger partial charge on any atom is 0.0897 e. The third-order valence-corrected chi connectivity index (χ3v) is 4.23. The van der Waals surface area contributed by atoms with Crippen LogP contribution in [0.25, 0.3) is 0 Å². The predicted octanol–water partition coefficient (Wildman–Crippen LogP) is 4.26. The first-order chi connectivity index (χ1) is 9.67. The summed E-state index contributed by atoms with van der Waals surface area (Å²) in [7, 11) is 0. The zero-order valence-corrected chi connectivity index (χ0v) is 13.6. The van der Waals surface area contributed by atoms with Crippen LogP contribution in [0.5, 0.6) is 0 Å². The van der Waals surface area contributed by atoms with Crippen LogP contribution in [0.3, 0.4) is 0 Å². The molecule has 1 N–H and O–H groups in total. The number of nitrogens with one attached hydrogen (secondary N) is 1. The quantitative estimate of drug-likeness (QED) is 0.826. The van der Waals surface area contributed by atoms with E-state index in [1.54, 1.807) is 11.3 Å². The van der Waals surface area contributed by atoms with Gasteiger partial charge in [0, 0.05) is 22.9 Å². The second kappa shape index (κ2) is 7.77. The van der Waals surface area contributed by atoms with E-state index in [0.29, 0.717) is 6.04 Å². The molecule has 1 heterocycles. The van der Waals surface area contributed by atoms with Crippen molar-refractivity contribution in [2.45, 2.75) is 39.2 Å². The van der Waals surface area contributed by atoms with Crippen LogP contribution in [0.1, 0.15) is 29.6 Å². The van der Waals surface area contributed by atoms with Crippen molar-refractivity contribution in [1.82, 2.24) is 10.3 Å². The van der Waals surface area contributed by atoms with Gasteiger partial charge < -0.3 is 5.32 Å². The summed E-state index contributed by atoms with van der Waals surface area (Å²) in [5.74, 6) is 0. The molecule has 2 nitrogen and oxygen atoms in total. The standard InChI is InChI=1S/C16H21ClN2S/c1-3-7-18-15(10-16-11-20-12(2)19-16)9-13-5-4-6-14(17)8-13/h4-6,8,11,15,18H,3,7,9-10H2,1-2H3. The Hall–Kier alpha value is -0.900. The Balaban J connectivity index is 2.02. The van der Waals surface area contributed by atoms with Gasteiger partial charge in [-0.1, -0.05) is 30.7 Å². The molecule has 0 aliphatic rings. The normalized spacial score (nSPS) is 12.6. The van der Waals surface area contributed by atoms with E-state index in [9.17, 15) is 0 Å². The van der Waals surface area contributed by atoms with E-state index in [0.717, 1.165) is 35.8 Å². The number of aryl methyl sites for hydroxylation is 1. The molecule has 4 heteroatoms. The molecule has 0 spiro atoms. The second-order valence-electron chi connectivity index (χ2n) is 5.05. The highest BCUT2D eigenvalue weighted by molar-refractivity contribution is 7.09. The molecule has 0 aliphatic carbocycles. The number of aromatic nitrogens is 1. The van der Waals surface area contributed by atoms with E-state index >= 15 is 0 Å². The van der Waals surface area contributed by atoms with Crippen LogP contribution in [0.2, 0.25) is 5.02 Å². The van der Waals surface area contributed by atoms with E-state index in [2.05, 4.69) is 41.7 Å². The number of thiazole rings is 1. The fourth-order valence-corrected chi connectivity index (χ4v) is 3.11. The first-order valence-electron chi connectivity index (χ1n) is 7.06. The minimum atomic E-state index is 0.412. The van der Waals surface area contributed by atoms with Gasteiger partial charge in [-0.15, -0.1) is 11.3 Å². The Bertz CT molecular complexity index is 539. The fourth-order valence-electron chi connectivity index (χ4n) is 2.27. The third kappa shape index (κ3) is 4.89. The lowest BCUT2D eigenvalue weighted by molar-refractivity contribution is 0.501. The predicted molar refractivity (Wildman–Crippen MR) is 87.8 cm³/mol. The van der Waals surface area contributed by atoms with Crippen LogP contribution < -0.4 is 5.32 Å². The molecule has 1 unspecified atom stereocenters. The lowest BCUT2D eigenvalue weighted by atomic mass is 10.0. The molecule has 0 saturated carbocycles. The van der Waals surface area contributed by atoms with E-state index in [1.807, 2.05) is 12.1 Å². The van der Waals surface area contributed by atoms with Gasteiger partial charge in [0.05, 0.1) is 10.7 Å². The average Bonchev–Trinajstić information content (AvgIpc) is 2.81. The molecule has 0 radical (unpaired) electrons. The molecule has 1 aromatic carbocycles. The lowest BCUT2D eigenvalue weighted by Crippen LogP contribution is -2.34. The van der Waals surface area contributed by atoms with Crippen LogP contribution in [0.4, 0.5) is 0 Å². The molecule has 1 aromatic heterocycles. The summed E-state index contributed by atoms with van der Waals surface area (Å²) in [4.78, 5) is 4.57. The van der Waals surface area contributed by atoms with Crippen molar-refractivity contribution in [3.8, 4) is 0 Å². The minimum Gasteiger partial charge on any atom is -0.313 e. The number of halogens is 1. The summed E-state index contributed by atoms with van der Waals surface area (Å²) in [6.07, 6.45) is 3.09. The Morgan fingerprint density at radius 1 is 1.35 bits per heavy atom. The van der Waals surface area contributed by atoms with Crippen molar-refractivity contribution in [1.29, 1.82) is 0 Å². The number of hydrogen-bond acceptors (Lipinski definition) is 3. The molecule has 108 valence electrons. The van der Waals surface area contributed by atoms with Gasteiger partial charge in [0.25, 0.3) is 0 Å². The van der Waals surface area contributed by atoms with Crippen molar-refractivity contribution >= 4 is 22.9 Å². The molecule has 0 amide bonds. The van der Waals surface area contributed by atoms with Gasteiger partial charge in [-0.3, -0.25) is 0 Å². The zero-order chi connectivity index (χ0) is 14.4. The maximum absolute atomic E-state index is 6.07. The highest BCUT2D eigenvalue weighted by atomic mass is 35.5. The SMILES string of the molecule is CCCNC(Cc1cccc(Cl)c1)Cc1csc(C)n1. The van der Waals surface area contributed by atoms with E-state index in [-0.39, 0.29) is 0 Å². The Kier molecular flexibility index (Phi) is 6.02. The molecule has 0 fully saturated rings. The Morgan fingerprint density at radius 2 is 2.20 bits per heavy atom. The summed E-state index contributed by atoms with van der Waals surface area (Å²) in [5, 5.41) is 7.72. The monoisotopic (exact) mass is 308 g/mol. The number of nitrogens with zero attached hydrogens (tertiary/aromatic N) is 1. The molecule has 0 saturated heterocycles. The molecular weight excluding hydrogens is 288 g/mol. The first-order valence-corrected chi connectivity index (χ1v) is 8.32. The molecule has 2 aromatic rings. The van der Waals surface area contributed by atoms with Crippen LogP contribution in [-0.2, 0) is 12.8 Å². The number of benzene rings is 1. The number of rotatable bonds is 7. The van der Waals surface area contributed by atoms with Gasteiger partial charge in [0.1, 0.15) is 0 Å². The maximum atomic E-state index is 6.07. The van der Waals surface area contributed by atoms with E-state index in [1.165, 1.54) is 11.3 Å². The van der Waals surface area contributed by atoms with E-state index in [4.69, 9.17) is 11.6 Å². The smallest absolute Gasteiger partial charge is 0.0897 e. The summed E-state index contributed by atoms with van der Waals surface area (Å²) in [5.41, 5.74) is 2.46.